The first-order valence-electron chi connectivity index (χ1n) is 9.77. The van der Waals surface area contributed by atoms with Crippen LogP contribution >= 0.6 is 0 Å². The summed E-state index contributed by atoms with van der Waals surface area (Å²) in [5.74, 6) is 1.12. The number of benzene rings is 2. The van der Waals surface area contributed by atoms with Crippen LogP contribution in [-0.2, 0) is 0 Å². The Hall–Kier alpha value is -3.42. The van der Waals surface area contributed by atoms with Gasteiger partial charge in [0.1, 0.15) is 17.3 Å². The van der Waals surface area contributed by atoms with Crippen molar-refractivity contribution in [2.75, 3.05) is 40.4 Å². The van der Waals surface area contributed by atoms with Gasteiger partial charge in [-0.1, -0.05) is 12.1 Å². The first-order valence-corrected chi connectivity index (χ1v) is 9.77. The molecule has 0 saturated carbocycles. The molecule has 1 heterocycles. The van der Waals surface area contributed by atoms with Gasteiger partial charge in [0.25, 0.3) is 5.91 Å². The minimum atomic E-state index is -0.177. The van der Waals surface area contributed by atoms with Crippen molar-refractivity contribution in [3.05, 3.63) is 42.0 Å². The summed E-state index contributed by atoms with van der Waals surface area (Å²) in [4.78, 5) is 21.4. The van der Waals surface area contributed by atoms with Crippen LogP contribution in [0.1, 0.15) is 23.7 Å². The molecule has 3 rings (SSSR count). The maximum absolute atomic E-state index is 13.0. The van der Waals surface area contributed by atoms with Crippen LogP contribution in [0, 0.1) is 0 Å². The predicted octanol–water partition coefficient (Wildman–Crippen LogP) is 3.01. The third-order valence-corrected chi connectivity index (χ3v) is 5.11. The third-order valence-electron chi connectivity index (χ3n) is 5.11. The Morgan fingerprint density at radius 3 is 2.37 bits per heavy atom. The summed E-state index contributed by atoms with van der Waals surface area (Å²) in [6, 6.07) is 9.92. The van der Waals surface area contributed by atoms with Gasteiger partial charge in [0.15, 0.2) is 11.5 Å². The normalized spacial score (nSPS) is 15.0. The third kappa shape index (κ3) is 4.59. The summed E-state index contributed by atoms with van der Waals surface area (Å²) >= 11 is 0. The second-order valence-corrected chi connectivity index (χ2v) is 7.01. The fraction of sp³-hybridized carbons (Fsp3) is 0.364. The van der Waals surface area contributed by atoms with Gasteiger partial charge in [-0.2, -0.15) is 0 Å². The number of phenols is 2. The molecule has 1 saturated heterocycles. The molecule has 0 radical (unpaired) electrons. The van der Waals surface area contributed by atoms with Crippen LogP contribution in [0.5, 0.6) is 23.0 Å². The maximum Gasteiger partial charge on any atom is 0.254 e. The maximum atomic E-state index is 13.0. The predicted molar refractivity (Wildman–Crippen MR) is 114 cm³/mol. The lowest BCUT2D eigenvalue weighted by Crippen LogP contribution is -2.36. The van der Waals surface area contributed by atoms with Gasteiger partial charge in [-0.3, -0.25) is 4.79 Å². The number of aliphatic imine (C=N–C) groups is 1. The van der Waals surface area contributed by atoms with Gasteiger partial charge < -0.3 is 29.5 Å². The van der Waals surface area contributed by atoms with Gasteiger partial charge in [0.05, 0.1) is 14.2 Å². The Morgan fingerprint density at radius 1 is 0.967 bits per heavy atom. The highest BCUT2D eigenvalue weighted by Gasteiger charge is 2.23. The molecule has 0 spiro atoms. The van der Waals surface area contributed by atoms with Crippen LogP contribution < -0.4 is 9.47 Å². The van der Waals surface area contributed by atoms with Crippen molar-refractivity contribution in [3.63, 3.8) is 0 Å². The monoisotopic (exact) mass is 413 g/mol. The van der Waals surface area contributed by atoms with Gasteiger partial charge >= 0.3 is 0 Å². The van der Waals surface area contributed by atoms with E-state index in [1.807, 2.05) is 13.0 Å². The van der Waals surface area contributed by atoms with Crippen molar-refractivity contribution >= 4 is 17.4 Å². The number of hydrogen-bond acceptors (Lipinski definition) is 6. The van der Waals surface area contributed by atoms with Crippen LogP contribution in [0.3, 0.4) is 0 Å². The topological polar surface area (TPSA) is 94.8 Å². The molecular formula is C22H27N3O5. The van der Waals surface area contributed by atoms with E-state index in [9.17, 15) is 15.0 Å². The smallest absolute Gasteiger partial charge is 0.254 e. The number of amidine groups is 1. The van der Waals surface area contributed by atoms with Crippen LogP contribution in [0.2, 0.25) is 0 Å². The number of carbonyl (C=O) groups excluding carboxylic acids is 1. The van der Waals surface area contributed by atoms with Gasteiger partial charge in [0, 0.05) is 31.7 Å². The lowest BCUT2D eigenvalue weighted by Gasteiger charge is -2.23. The summed E-state index contributed by atoms with van der Waals surface area (Å²) in [7, 11) is 2.89. The van der Waals surface area contributed by atoms with E-state index in [2.05, 4.69) is 9.89 Å². The highest BCUT2D eigenvalue weighted by atomic mass is 16.5. The van der Waals surface area contributed by atoms with Gasteiger partial charge in [-0.25, -0.2) is 4.99 Å². The Labute approximate surface area is 176 Å². The molecule has 8 heteroatoms. The SMILES string of the molecule is COc1cc(C(=O)N2CCCN(C(C)=Nc3ccccc3O)CC2)cc(O)c1OC. The minimum absolute atomic E-state index is 0.136. The lowest BCUT2D eigenvalue weighted by atomic mass is 10.1. The quantitative estimate of drug-likeness (QED) is 0.591. The highest BCUT2D eigenvalue weighted by molar-refractivity contribution is 5.95. The van der Waals surface area contributed by atoms with Crippen LogP contribution in [0.25, 0.3) is 0 Å². The molecule has 1 amide bonds. The number of carbonyl (C=O) groups is 1. The molecule has 0 unspecified atom stereocenters. The minimum Gasteiger partial charge on any atom is -0.506 e. The van der Waals surface area contributed by atoms with E-state index >= 15 is 0 Å². The van der Waals surface area contributed by atoms with Gasteiger partial charge in [-0.15, -0.1) is 0 Å². The molecule has 2 N–H and O–H groups in total. The number of hydrogen-bond donors (Lipinski definition) is 2. The Morgan fingerprint density at radius 2 is 1.67 bits per heavy atom. The summed E-state index contributed by atoms with van der Waals surface area (Å²) in [5.41, 5.74) is 0.867. The fourth-order valence-electron chi connectivity index (χ4n) is 3.50. The van der Waals surface area contributed by atoms with Crippen molar-refractivity contribution in [3.8, 4) is 23.0 Å². The average Bonchev–Trinajstić information content (AvgIpc) is 3.00. The van der Waals surface area contributed by atoms with Crippen molar-refractivity contribution in [2.24, 2.45) is 4.99 Å². The summed E-state index contributed by atoms with van der Waals surface area (Å²) in [5, 5.41) is 20.1. The molecule has 30 heavy (non-hydrogen) atoms. The molecule has 2 aromatic carbocycles. The van der Waals surface area contributed by atoms with Crippen LogP contribution in [0.4, 0.5) is 5.69 Å². The largest absolute Gasteiger partial charge is 0.506 e. The van der Waals surface area contributed by atoms with Gasteiger partial charge in [-0.05, 0) is 37.6 Å². The number of nitrogens with zero attached hydrogens (tertiary/aromatic N) is 3. The number of aromatic hydroxyl groups is 2. The zero-order chi connectivity index (χ0) is 21.7. The Bertz CT molecular complexity index is 944. The van der Waals surface area contributed by atoms with Crippen molar-refractivity contribution < 1.29 is 24.5 Å². The molecule has 1 fully saturated rings. The van der Waals surface area contributed by atoms with E-state index in [1.165, 1.54) is 20.3 Å². The number of para-hydroxylation sites is 2. The van der Waals surface area contributed by atoms with Crippen LogP contribution in [0.15, 0.2) is 41.4 Å². The van der Waals surface area contributed by atoms with Crippen molar-refractivity contribution in [2.45, 2.75) is 13.3 Å². The number of rotatable bonds is 4. The van der Waals surface area contributed by atoms with E-state index in [0.717, 1.165) is 18.8 Å². The van der Waals surface area contributed by atoms with E-state index < -0.39 is 0 Å². The lowest BCUT2D eigenvalue weighted by molar-refractivity contribution is 0.0763. The van der Waals surface area contributed by atoms with E-state index in [-0.39, 0.29) is 23.2 Å². The van der Waals surface area contributed by atoms with E-state index in [4.69, 9.17) is 9.47 Å². The number of amides is 1. The first-order chi connectivity index (χ1) is 14.4. The molecular weight excluding hydrogens is 386 g/mol. The number of methoxy groups -OCH3 is 2. The molecule has 1 aliphatic heterocycles. The standard InChI is InChI=1S/C22H27N3O5/c1-15(23-17-7-4-5-8-18(17)26)24-9-6-10-25(12-11-24)22(28)16-13-19(27)21(30-3)20(14-16)29-2/h4-5,7-8,13-14,26-27H,6,9-12H2,1-3H3. The molecule has 1 aliphatic rings. The van der Waals surface area contributed by atoms with Gasteiger partial charge in [0.2, 0.25) is 5.75 Å². The Kier molecular flexibility index (Phi) is 6.66. The molecule has 8 nitrogen and oxygen atoms in total. The van der Waals surface area contributed by atoms with Crippen molar-refractivity contribution in [1.29, 1.82) is 0 Å². The summed E-state index contributed by atoms with van der Waals surface area (Å²) < 4.78 is 10.4. The molecule has 160 valence electrons. The molecule has 0 aromatic heterocycles. The van der Waals surface area contributed by atoms with E-state index in [1.54, 1.807) is 29.2 Å². The Balaban J connectivity index is 1.73. The zero-order valence-electron chi connectivity index (χ0n) is 17.5. The molecule has 0 atom stereocenters. The molecule has 2 aromatic rings. The zero-order valence-corrected chi connectivity index (χ0v) is 17.5. The summed E-state index contributed by atoms with van der Waals surface area (Å²) in [6.07, 6.45) is 0.776. The fourth-order valence-corrected chi connectivity index (χ4v) is 3.50. The summed E-state index contributed by atoms with van der Waals surface area (Å²) in [6.45, 7) is 4.38. The van der Waals surface area contributed by atoms with Crippen LogP contribution in [-0.4, -0.2) is 72.2 Å². The van der Waals surface area contributed by atoms with E-state index in [0.29, 0.717) is 36.6 Å². The molecule has 0 bridgehead atoms. The van der Waals surface area contributed by atoms with Crippen molar-refractivity contribution in [1.82, 2.24) is 9.80 Å². The second-order valence-electron chi connectivity index (χ2n) is 7.01. The first kappa shape index (κ1) is 21.3. The number of phenolic OH excluding ortho intramolecular Hbond substituents is 2. The second kappa shape index (κ2) is 9.39. The highest BCUT2D eigenvalue weighted by Crippen LogP contribution is 2.37. The average molecular weight is 413 g/mol. The number of ether oxygens (including phenoxy) is 2. The molecule has 0 aliphatic carbocycles.